The van der Waals surface area contributed by atoms with Crippen LogP contribution in [-0.2, 0) is 14.2 Å². The first-order chi connectivity index (χ1) is 11.9. The number of halogens is 1. The average molecular weight is 354 g/mol. The quantitative estimate of drug-likeness (QED) is 0.602. The minimum atomic E-state index is -1.35. The van der Waals surface area contributed by atoms with Crippen LogP contribution in [0.4, 0.5) is 4.39 Å². The molecule has 1 heterocycles. The van der Waals surface area contributed by atoms with Crippen LogP contribution in [0, 0.1) is 5.92 Å². The Morgan fingerprint density at radius 2 is 1.96 bits per heavy atom. The summed E-state index contributed by atoms with van der Waals surface area (Å²) in [5.41, 5.74) is -1.26. The maximum absolute atomic E-state index is 14.1. The summed E-state index contributed by atoms with van der Waals surface area (Å²) in [7, 11) is 1.49. The summed E-state index contributed by atoms with van der Waals surface area (Å²) < 4.78 is 36.9. The lowest BCUT2D eigenvalue weighted by molar-refractivity contribution is -0.193. The van der Waals surface area contributed by atoms with Gasteiger partial charge in [-0.2, -0.15) is 0 Å². The summed E-state index contributed by atoms with van der Waals surface area (Å²) in [6, 6.07) is 9.53. The Morgan fingerprint density at radius 1 is 1.28 bits per heavy atom. The third kappa shape index (κ3) is 3.82. The van der Waals surface area contributed by atoms with E-state index in [1.54, 1.807) is 0 Å². The van der Waals surface area contributed by atoms with E-state index in [1.165, 1.54) is 7.11 Å². The van der Waals surface area contributed by atoms with Gasteiger partial charge in [0.25, 0.3) is 0 Å². The van der Waals surface area contributed by atoms with Crippen LogP contribution >= 0.6 is 0 Å². The highest BCUT2D eigenvalue weighted by Gasteiger charge is 2.66. The Labute approximate surface area is 148 Å². The van der Waals surface area contributed by atoms with Gasteiger partial charge < -0.3 is 24.1 Å². The molecule has 5 nitrogen and oxygen atoms in total. The van der Waals surface area contributed by atoms with Crippen molar-refractivity contribution in [2.24, 2.45) is 5.92 Å². The van der Waals surface area contributed by atoms with Crippen LogP contribution in [0.3, 0.4) is 0 Å². The van der Waals surface area contributed by atoms with E-state index in [0.29, 0.717) is 19.8 Å². The fourth-order valence-corrected chi connectivity index (χ4v) is 4.05. The molecule has 1 saturated heterocycles. The maximum Gasteiger partial charge on any atom is 0.131 e. The van der Waals surface area contributed by atoms with Crippen molar-refractivity contribution < 1.29 is 28.4 Å². The molecule has 2 aliphatic rings. The third-order valence-corrected chi connectivity index (χ3v) is 5.25. The molecule has 0 aromatic heterocycles. The molecule has 0 radical (unpaired) electrons. The fourth-order valence-electron chi connectivity index (χ4n) is 4.05. The van der Waals surface area contributed by atoms with Crippen molar-refractivity contribution in [3.05, 3.63) is 30.3 Å². The third-order valence-electron chi connectivity index (χ3n) is 5.25. The molecule has 0 bridgehead atoms. The Hall–Kier alpha value is -1.21. The van der Waals surface area contributed by atoms with Crippen molar-refractivity contribution in [1.29, 1.82) is 0 Å². The lowest BCUT2D eigenvalue weighted by Gasteiger charge is -2.47. The van der Waals surface area contributed by atoms with E-state index in [-0.39, 0.29) is 12.3 Å². The van der Waals surface area contributed by atoms with Gasteiger partial charge in [-0.3, -0.25) is 0 Å². The van der Waals surface area contributed by atoms with Crippen LogP contribution in [0.25, 0.3) is 0 Å². The highest BCUT2D eigenvalue weighted by Crippen LogP contribution is 2.52. The number of methoxy groups -OCH3 is 1. The molecule has 6 heteroatoms. The van der Waals surface area contributed by atoms with Crippen LogP contribution in [0.5, 0.6) is 5.75 Å². The summed E-state index contributed by atoms with van der Waals surface area (Å²) >= 11 is 0. The number of benzene rings is 1. The van der Waals surface area contributed by atoms with E-state index in [9.17, 15) is 9.50 Å². The molecular formula is C19H27FO5. The predicted octanol–water partition coefficient (Wildman–Crippen LogP) is 2.36. The standard InChI is InChI=1S/C19H27FO5/c1-18(2,24-10-9-23-13-7-5-4-6-8-13)17-16(22-3)15(21)14(20)11-19(17)12-25-19/h4-8,14-17,21H,9-12H2,1-3H3/t14-,15+,16+,17+,19-/m0/s1. The number of para-hydroxylation sites is 1. The van der Waals surface area contributed by atoms with E-state index in [0.717, 1.165) is 5.75 Å². The Kier molecular flexibility index (Phi) is 5.34. The topological polar surface area (TPSA) is 60.5 Å². The minimum Gasteiger partial charge on any atom is -0.491 e. The molecule has 1 saturated carbocycles. The fraction of sp³-hybridized carbons (Fsp3) is 0.684. The second kappa shape index (κ2) is 7.19. The molecule has 1 spiro atoms. The number of alkyl halides is 1. The Morgan fingerprint density at radius 3 is 2.56 bits per heavy atom. The summed E-state index contributed by atoms with van der Waals surface area (Å²) in [4.78, 5) is 0. The second-order valence-electron chi connectivity index (χ2n) is 7.36. The minimum absolute atomic E-state index is 0.173. The highest BCUT2D eigenvalue weighted by molar-refractivity contribution is 5.20. The van der Waals surface area contributed by atoms with Crippen LogP contribution in [0.2, 0.25) is 0 Å². The molecule has 1 N–H and O–H groups in total. The first-order valence-corrected chi connectivity index (χ1v) is 8.70. The first-order valence-electron chi connectivity index (χ1n) is 8.70. The molecule has 1 aliphatic carbocycles. The molecule has 1 aromatic rings. The normalized spacial score (nSPS) is 34.9. The smallest absolute Gasteiger partial charge is 0.131 e. The molecule has 2 fully saturated rings. The Bertz CT molecular complexity index is 560. The summed E-state index contributed by atoms with van der Waals surface area (Å²) in [6.07, 6.45) is -3.02. The molecular weight excluding hydrogens is 327 g/mol. The van der Waals surface area contributed by atoms with E-state index >= 15 is 0 Å². The van der Waals surface area contributed by atoms with Crippen molar-refractivity contribution >= 4 is 0 Å². The van der Waals surface area contributed by atoms with Gasteiger partial charge in [-0.25, -0.2) is 4.39 Å². The predicted molar refractivity (Wildman–Crippen MR) is 90.5 cm³/mol. The van der Waals surface area contributed by atoms with Gasteiger partial charge >= 0.3 is 0 Å². The van der Waals surface area contributed by atoms with Gasteiger partial charge in [-0.1, -0.05) is 18.2 Å². The molecule has 140 valence electrons. The lowest BCUT2D eigenvalue weighted by Crippen LogP contribution is -2.61. The van der Waals surface area contributed by atoms with Crippen molar-refractivity contribution in [1.82, 2.24) is 0 Å². The number of hydrogen-bond acceptors (Lipinski definition) is 5. The maximum atomic E-state index is 14.1. The van der Waals surface area contributed by atoms with Crippen LogP contribution < -0.4 is 4.74 Å². The second-order valence-corrected chi connectivity index (χ2v) is 7.36. The summed E-state index contributed by atoms with van der Waals surface area (Å²) in [5, 5.41) is 10.2. The molecule has 0 unspecified atom stereocenters. The number of epoxide rings is 1. The number of ether oxygens (including phenoxy) is 4. The van der Waals surface area contributed by atoms with Crippen molar-refractivity contribution in [3.8, 4) is 5.75 Å². The Balaban J connectivity index is 1.61. The first kappa shape index (κ1) is 18.6. The van der Waals surface area contributed by atoms with Gasteiger partial charge in [0.1, 0.15) is 30.2 Å². The van der Waals surface area contributed by atoms with E-state index in [1.807, 2.05) is 44.2 Å². The summed E-state index contributed by atoms with van der Waals surface area (Å²) in [6.45, 7) is 5.11. The van der Waals surface area contributed by atoms with Gasteiger partial charge in [0, 0.05) is 19.4 Å². The van der Waals surface area contributed by atoms with Gasteiger partial charge in [0.2, 0.25) is 0 Å². The zero-order valence-electron chi connectivity index (χ0n) is 15.0. The lowest BCUT2D eigenvalue weighted by atomic mass is 9.67. The zero-order valence-corrected chi connectivity index (χ0v) is 15.0. The van der Waals surface area contributed by atoms with Gasteiger partial charge in [0.15, 0.2) is 0 Å². The number of aliphatic hydroxyl groups excluding tert-OH is 1. The average Bonchev–Trinajstić information content (AvgIpc) is 3.35. The SMILES string of the molecule is CO[C@@H]1[C@H](O)[C@@H](F)C[C@]2(CO2)[C@H]1C(C)(C)OCCOc1ccccc1. The van der Waals surface area contributed by atoms with E-state index in [2.05, 4.69) is 0 Å². The number of rotatable bonds is 7. The summed E-state index contributed by atoms with van der Waals surface area (Å²) in [5.74, 6) is 0.526. The van der Waals surface area contributed by atoms with Crippen LogP contribution in [-0.4, -0.2) is 61.6 Å². The molecule has 0 amide bonds. The molecule has 1 aliphatic heterocycles. The van der Waals surface area contributed by atoms with Crippen LogP contribution in [0.15, 0.2) is 30.3 Å². The van der Waals surface area contributed by atoms with Crippen LogP contribution in [0.1, 0.15) is 20.3 Å². The van der Waals surface area contributed by atoms with Crippen molar-refractivity contribution in [3.63, 3.8) is 0 Å². The number of aliphatic hydroxyl groups is 1. The molecule has 5 atom stereocenters. The van der Waals surface area contributed by atoms with Crippen molar-refractivity contribution in [2.75, 3.05) is 26.9 Å². The molecule has 25 heavy (non-hydrogen) atoms. The van der Waals surface area contributed by atoms with Gasteiger partial charge in [0.05, 0.1) is 24.9 Å². The molecule has 3 rings (SSSR count). The zero-order chi connectivity index (χ0) is 18.1. The highest BCUT2D eigenvalue weighted by atomic mass is 19.1. The van der Waals surface area contributed by atoms with Gasteiger partial charge in [-0.05, 0) is 26.0 Å². The monoisotopic (exact) mass is 354 g/mol. The van der Waals surface area contributed by atoms with Gasteiger partial charge in [-0.15, -0.1) is 0 Å². The molecule has 1 aromatic carbocycles. The number of hydrogen-bond donors (Lipinski definition) is 1. The van der Waals surface area contributed by atoms with E-state index in [4.69, 9.17) is 18.9 Å². The van der Waals surface area contributed by atoms with Crippen molar-refractivity contribution in [2.45, 2.75) is 49.9 Å². The largest absolute Gasteiger partial charge is 0.491 e. The van der Waals surface area contributed by atoms with E-state index < -0.39 is 29.6 Å².